The highest BCUT2D eigenvalue weighted by Crippen LogP contribution is 2.31. The standard InChI is InChI=1S/C21H31N3O3/c1-6-23(15(2)25)17-7-8-19-18(13-17)22-20(21(3,4)26-5)24(19)14-16-9-11-27-12-10-16/h7-8,13,16H,6,9-12,14H2,1-5H3. The summed E-state index contributed by atoms with van der Waals surface area (Å²) in [6.45, 7) is 10.9. The average molecular weight is 373 g/mol. The fraction of sp³-hybridized carbons (Fsp3) is 0.619. The molecule has 1 aromatic heterocycles. The Morgan fingerprint density at radius 2 is 2.07 bits per heavy atom. The molecule has 1 amide bonds. The van der Waals surface area contributed by atoms with Gasteiger partial charge in [-0.3, -0.25) is 4.79 Å². The lowest BCUT2D eigenvalue weighted by molar-refractivity contribution is -0.116. The minimum atomic E-state index is -0.491. The number of hydrogen-bond acceptors (Lipinski definition) is 4. The van der Waals surface area contributed by atoms with E-state index in [1.54, 1.807) is 18.9 Å². The summed E-state index contributed by atoms with van der Waals surface area (Å²) in [6.07, 6.45) is 2.14. The first-order chi connectivity index (χ1) is 12.9. The van der Waals surface area contributed by atoms with E-state index in [1.165, 1.54) is 0 Å². The van der Waals surface area contributed by atoms with E-state index in [1.807, 2.05) is 32.9 Å². The van der Waals surface area contributed by atoms with Gasteiger partial charge in [-0.15, -0.1) is 0 Å². The number of methoxy groups -OCH3 is 1. The summed E-state index contributed by atoms with van der Waals surface area (Å²) in [5.74, 6) is 1.54. The zero-order valence-electron chi connectivity index (χ0n) is 17.1. The van der Waals surface area contributed by atoms with Crippen molar-refractivity contribution in [3.8, 4) is 0 Å². The SMILES string of the molecule is CCN(C(C)=O)c1ccc2c(c1)nc(C(C)(C)OC)n2CC1CCOCC1. The Labute approximate surface area is 161 Å². The second-order valence-electron chi connectivity index (χ2n) is 7.75. The summed E-state index contributed by atoms with van der Waals surface area (Å²) in [6, 6.07) is 6.10. The number of carbonyl (C=O) groups excluding carboxylic acids is 1. The molecule has 2 aromatic rings. The summed E-state index contributed by atoms with van der Waals surface area (Å²) >= 11 is 0. The third-order valence-electron chi connectivity index (χ3n) is 5.57. The highest BCUT2D eigenvalue weighted by Gasteiger charge is 2.29. The van der Waals surface area contributed by atoms with Crippen LogP contribution in [0.3, 0.4) is 0 Å². The van der Waals surface area contributed by atoms with Crippen molar-refractivity contribution in [3.05, 3.63) is 24.0 Å². The number of rotatable bonds is 6. The van der Waals surface area contributed by atoms with Crippen molar-refractivity contribution in [1.29, 1.82) is 0 Å². The Balaban J connectivity index is 2.07. The first-order valence-corrected chi connectivity index (χ1v) is 9.79. The van der Waals surface area contributed by atoms with Crippen LogP contribution in [0.1, 0.15) is 46.4 Å². The summed E-state index contributed by atoms with van der Waals surface area (Å²) in [5.41, 5.74) is 2.38. The molecular formula is C21H31N3O3. The number of amides is 1. The Hall–Kier alpha value is -1.92. The third kappa shape index (κ3) is 4.01. The summed E-state index contributed by atoms with van der Waals surface area (Å²) in [4.78, 5) is 18.6. The number of benzene rings is 1. The normalized spacial score (nSPS) is 16.0. The topological polar surface area (TPSA) is 56.6 Å². The van der Waals surface area contributed by atoms with E-state index in [2.05, 4.69) is 10.6 Å². The number of aromatic nitrogens is 2. The molecule has 6 nitrogen and oxygen atoms in total. The molecule has 27 heavy (non-hydrogen) atoms. The number of fused-ring (bicyclic) bond motifs is 1. The minimum absolute atomic E-state index is 0.0379. The van der Waals surface area contributed by atoms with Crippen LogP contribution in [-0.4, -0.2) is 42.3 Å². The summed E-state index contributed by atoms with van der Waals surface area (Å²) in [7, 11) is 1.72. The van der Waals surface area contributed by atoms with Gasteiger partial charge >= 0.3 is 0 Å². The maximum absolute atomic E-state index is 11.9. The number of nitrogens with zero attached hydrogens (tertiary/aromatic N) is 3. The van der Waals surface area contributed by atoms with Gasteiger partial charge in [-0.05, 0) is 57.7 Å². The predicted molar refractivity (Wildman–Crippen MR) is 107 cm³/mol. The lowest BCUT2D eigenvalue weighted by Crippen LogP contribution is -2.28. The van der Waals surface area contributed by atoms with E-state index in [4.69, 9.17) is 14.5 Å². The number of anilines is 1. The van der Waals surface area contributed by atoms with Gasteiger partial charge in [0.2, 0.25) is 5.91 Å². The zero-order valence-corrected chi connectivity index (χ0v) is 17.1. The molecular weight excluding hydrogens is 342 g/mol. The van der Waals surface area contributed by atoms with E-state index in [0.29, 0.717) is 12.5 Å². The molecule has 0 aliphatic carbocycles. The van der Waals surface area contributed by atoms with Crippen LogP contribution >= 0.6 is 0 Å². The van der Waals surface area contributed by atoms with Gasteiger partial charge in [0.05, 0.1) is 11.0 Å². The quantitative estimate of drug-likeness (QED) is 0.774. The minimum Gasteiger partial charge on any atom is -0.381 e. The molecule has 2 heterocycles. The molecule has 1 aromatic carbocycles. The fourth-order valence-electron chi connectivity index (χ4n) is 3.80. The molecule has 3 rings (SSSR count). The van der Waals surface area contributed by atoms with Crippen molar-refractivity contribution < 1.29 is 14.3 Å². The van der Waals surface area contributed by atoms with Crippen LogP contribution in [0.4, 0.5) is 5.69 Å². The molecule has 1 saturated heterocycles. The maximum Gasteiger partial charge on any atom is 0.223 e. The second kappa shape index (κ2) is 7.98. The first kappa shape index (κ1) is 19.8. The highest BCUT2D eigenvalue weighted by atomic mass is 16.5. The van der Waals surface area contributed by atoms with Gasteiger partial charge in [-0.1, -0.05) is 0 Å². The van der Waals surface area contributed by atoms with Crippen molar-refractivity contribution in [1.82, 2.24) is 9.55 Å². The van der Waals surface area contributed by atoms with Gasteiger partial charge in [-0.2, -0.15) is 0 Å². The number of ether oxygens (including phenoxy) is 2. The van der Waals surface area contributed by atoms with Gasteiger partial charge in [0.25, 0.3) is 0 Å². The molecule has 0 N–H and O–H groups in total. The summed E-state index contributed by atoms with van der Waals surface area (Å²) in [5, 5.41) is 0. The number of imidazole rings is 1. The molecule has 0 spiro atoms. The largest absolute Gasteiger partial charge is 0.381 e. The van der Waals surface area contributed by atoms with Crippen LogP contribution in [0.5, 0.6) is 0 Å². The Bertz CT molecular complexity index is 806. The van der Waals surface area contributed by atoms with E-state index in [0.717, 1.165) is 55.1 Å². The second-order valence-corrected chi connectivity index (χ2v) is 7.75. The van der Waals surface area contributed by atoms with Crippen molar-refractivity contribution >= 4 is 22.6 Å². The van der Waals surface area contributed by atoms with E-state index in [-0.39, 0.29) is 5.91 Å². The maximum atomic E-state index is 11.9. The molecule has 0 atom stereocenters. The van der Waals surface area contributed by atoms with Crippen LogP contribution in [-0.2, 0) is 26.4 Å². The zero-order chi connectivity index (χ0) is 19.6. The van der Waals surface area contributed by atoms with Gasteiger partial charge in [0.15, 0.2) is 0 Å². The lowest BCUT2D eigenvalue weighted by Gasteiger charge is -2.27. The Kier molecular flexibility index (Phi) is 5.86. The van der Waals surface area contributed by atoms with Gasteiger partial charge in [0, 0.05) is 46.0 Å². The summed E-state index contributed by atoms with van der Waals surface area (Å²) < 4.78 is 13.6. The molecule has 0 radical (unpaired) electrons. The molecule has 1 aliphatic heterocycles. The smallest absolute Gasteiger partial charge is 0.223 e. The Morgan fingerprint density at radius 3 is 2.67 bits per heavy atom. The predicted octanol–water partition coefficient (Wildman–Crippen LogP) is 3.72. The first-order valence-electron chi connectivity index (χ1n) is 9.79. The van der Waals surface area contributed by atoms with Crippen LogP contribution in [0.2, 0.25) is 0 Å². The van der Waals surface area contributed by atoms with E-state index >= 15 is 0 Å². The molecule has 1 fully saturated rings. The average Bonchev–Trinajstić information content (AvgIpc) is 3.01. The molecule has 1 aliphatic rings. The third-order valence-corrected chi connectivity index (χ3v) is 5.57. The van der Waals surface area contributed by atoms with E-state index in [9.17, 15) is 4.79 Å². The van der Waals surface area contributed by atoms with Crippen LogP contribution in [0.25, 0.3) is 11.0 Å². The molecule has 148 valence electrons. The van der Waals surface area contributed by atoms with Crippen LogP contribution < -0.4 is 4.90 Å². The van der Waals surface area contributed by atoms with Crippen LogP contribution in [0, 0.1) is 5.92 Å². The molecule has 0 unspecified atom stereocenters. The Morgan fingerprint density at radius 1 is 1.37 bits per heavy atom. The number of hydrogen-bond donors (Lipinski definition) is 0. The van der Waals surface area contributed by atoms with Crippen molar-refractivity contribution in [2.24, 2.45) is 5.92 Å². The monoisotopic (exact) mass is 373 g/mol. The van der Waals surface area contributed by atoms with Gasteiger partial charge < -0.3 is 18.9 Å². The van der Waals surface area contributed by atoms with Crippen molar-refractivity contribution in [2.45, 2.75) is 52.7 Å². The van der Waals surface area contributed by atoms with Gasteiger partial charge in [0.1, 0.15) is 11.4 Å². The lowest BCUT2D eigenvalue weighted by atomic mass is 9.99. The van der Waals surface area contributed by atoms with Crippen molar-refractivity contribution in [3.63, 3.8) is 0 Å². The highest BCUT2D eigenvalue weighted by molar-refractivity contribution is 5.93. The molecule has 0 bridgehead atoms. The molecule has 6 heteroatoms. The number of carbonyl (C=O) groups is 1. The van der Waals surface area contributed by atoms with E-state index < -0.39 is 5.60 Å². The van der Waals surface area contributed by atoms with Crippen molar-refractivity contribution in [2.75, 3.05) is 31.8 Å². The van der Waals surface area contributed by atoms with Crippen LogP contribution in [0.15, 0.2) is 18.2 Å². The molecule has 0 saturated carbocycles. The fourth-order valence-corrected chi connectivity index (χ4v) is 3.80. The van der Waals surface area contributed by atoms with Gasteiger partial charge in [-0.25, -0.2) is 4.98 Å².